The van der Waals surface area contributed by atoms with Crippen molar-refractivity contribution in [1.82, 2.24) is 4.58 Å². The molecule has 0 saturated carbocycles. The number of benzene rings is 3. The zero-order chi connectivity index (χ0) is 23.5. The molecule has 2 aromatic rings. The zero-order valence-corrected chi connectivity index (χ0v) is 19.7. The van der Waals surface area contributed by atoms with Crippen LogP contribution in [-0.4, -0.2) is 31.1 Å². The summed E-state index contributed by atoms with van der Waals surface area (Å²) >= 11 is 0. The van der Waals surface area contributed by atoms with Gasteiger partial charge in [-0.1, -0.05) is 0 Å². The first-order valence-corrected chi connectivity index (χ1v) is 11.6. The van der Waals surface area contributed by atoms with Gasteiger partial charge >= 0.3 is 0 Å². The molecule has 33 heavy (non-hydrogen) atoms. The van der Waals surface area contributed by atoms with Crippen LogP contribution in [0.2, 0.25) is 0 Å². The van der Waals surface area contributed by atoms with Gasteiger partial charge in [-0.15, -0.1) is 0 Å². The fourth-order valence-electron chi connectivity index (χ4n) is 4.50. The lowest BCUT2D eigenvalue weighted by atomic mass is 9.93. The summed E-state index contributed by atoms with van der Waals surface area (Å²) in [5.41, 5.74) is 4.95. The minimum absolute atomic E-state index is 0.0839. The highest BCUT2D eigenvalue weighted by atomic mass is 16.6. The molecule has 0 radical (unpaired) electrons. The van der Waals surface area contributed by atoms with Crippen molar-refractivity contribution in [3.05, 3.63) is 76.1 Å². The second-order valence-corrected chi connectivity index (χ2v) is 7.99. The Bertz CT molecular complexity index is 1330. The average Bonchev–Trinajstić information content (AvgIpc) is 2.84. The van der Waals surface area contributed by atoms with Crippen molar-refractivity contribution in [2.75, 3.05) is 31.1 Å². The van der Waals surface area contributed by atoms with Crippen molar-refractivity contribution in [2.45, 2.75) is 27.7 Å². The Morgan fingerprint density at radius 2 is 1.58 bits per heavy atom. The molecule has 0 spiro atoms. The third-order valence-corrected chi connectivity index (χ3v) is 6.31. The van der Waals surface area contributed by atoms with Crippen molar-refractivity contribution in [3.63, 3.8) is 0 Å². The molecule has 0 bridgehead atoms. The molecule has 0 N–H and O–H groups in total. The van der Waals surface area contributed by atoms with Crippen molar-refractivity contribution in [1.29, 1.82) is 0 Å². The van der Waals surface area contributed by atoms with E-state index < -0.39 is 0 Å². The van der Waals surface area contributed by atoms with E-state index in [-0.39, 0.29) is 10.6 Å². The van der Waals surface area contributed by atoms with Crippen LogP contribution in [0.1, 0.15) is 27.7 Å². The maximum Gasteiger partial charge on any atom is 0.269 e. The molecular weight excluding hydrogens is 414 g/mol. The van der Waals surface area contributed by atoms with Gasteiger partial charge in [0.15, 0.2) is 0 Å². The Hall–Kier alpha value is -3.67. The number of hydrogen-bond donors (Lipinski definition) is 0. The molecule has 1 heterocycles. The van der Waals surface area contributed by atoms with E-state index in [2.05, 4.69) is 73.6 Å². The van der Waals surface area contributed by atoms with Crippen molar-refractivity contribution >= 4 is 22.3 Å². The Balaban J connectivity index is 2.05. The number of nitro groups is 1. The Labute approximate surface area is 193 Å². The molecule has 1 aliphatic heterocycles. The number of nitrogens with zero attached hydrogens (tertiary/aromatic N) is 3. The summed E-state index contributed by atoms with van der Waals surface area (Å²) < 4.78 is 8.76. The van der Waals surface area contributed by atoms with Crippen LogP contribution in [0.15, 0.2) is 65.1 Å². The quantitative estimate of drug-likeness (QED) is 0.157. The van der Waals surface area contributed by atoms with E-state index in [1.807, 2.05) is 12.1 Å². The van der Waals surface area contributed by atoms with E-state index in [0.717, 1.165) is 70.6 Å². The van der Waals surface area contributed by atoms with Crippen LogP contribution >= 0.6 is 0 Å². The molecule has 1 aliphatic carbocycles. The first-order valence-electron chi connectivity index (χ1n) is 11.6. The van der Waals surface area contributed by atoms with Gasteiger partial charge in [0, 0.05) is 59.6 Å². The second-order valence-electron chi connectivity index (χ2n) is 7.99. The van der Waals surface area contributed by atoms with Crippen LogP contribution in [-0.2, 0) is 0 Å². The molecule has 0 amide bonds. The normalized spacial score (nSPS) is 11.2. The van der Waals surface area contributed by atoms with Crippen LogP contribution < -0.4 is 14.8 Å². The molecule has 2 aliphatic rings. The van der Waals surface area contributed by atoms with Crippen LogP contribution in [0, 0.1) is 10.1 Å². The topological polar surface area (TPSA) is 62.5 Å². The second kappa shape index (κ2) is 9.45. The Kier molecular flexibility index (Phi) is 6.45. The van der Waals surface area contributed by atoms with E-state index >= 15 is 0 Å². The maximum absolute atomic E-state index is 11.2. The molecular formula is C27H30N3O3+. The SMILES string of the molecule is CCN(CC)c1ccc2c(-c3ccc([N+](=O)[O-])cc3)c3ccc(=[N+](CC)CC)cc-3oc2c1. The van der Waals surface area contributed by atoms with E-state index in [1.165, 1.54) is 0 Å². The Morgan fingerprint density at radius 1 is 0.879 bits per heavy atom. The van der Waals surface area contributed by atoms with Gasteiger partial charge in [-0.25, -0.2) is 4.58 Å². The van der Waals surface area contributed by atoms with E-state index in [0.29, 0.717) is 0 Å². The first-order chi connectivity index (χ1) is 16.0. The molecule has 0 saturated heterocycles. The smallest absolute Gasteiger partial charge is 0.269 e. The highest BCUT2D eigenvalue weighted by Gasteiger charge is 2.20. The molecule has 4 rings (SSSR count). The van der Waals surface area contributed by atoms with Crippen LogP contribution in [0.25, 0.3) is 33.4 Å². The molecule has 6 nitrogen and oxygen atoms in total. The molecule has 170 valence electrons. The van der Waals surface area contributed by atoms with Gasteiger partial charge in [-0.3, -0.25) is 10.1 Å². The lowest BCUT2D eigenvalue weighted by Crippen LogP contribution is -2.29. The lowest BCUT2D eigenvalue weighted by Gasteiger charge is -2.22. The molecule has 2 aromatic carbocycles. The minimum atomic E-state index is -0.368. The van der Waals surface area contributed by atoms with E-state index in [1.54, 1.807) is 12.1 Å². The third kappa shape index (κ3) is 4.21. The van der Waals surface area contributed by atoms with E-state index in [9.17, 15) is 10.1 Å². The maximum atomic E-state index is 11.2. The largest absolute Gasteiger partial charge is 0.456 e. The predicted molar refractivity (Wildman–Crippen MR) is 135 cm³/mol. The van der Waals surface area contributed by atoms with Gasteiger partial charge in [0.05, 0.1) is 11.0 Å². The van der Waals surface area contributed by atoms with Gasteiger partial charge in [0.2, 0.25) is 5.36 Å². The number of fused-ring (bicyclic) bond motifs is 2. The van der Waals surface area contributed by atoms with Crippen molar-refractivity contribution in [3.8, 4) is 22.5 Å². The summed E-state index contributed by atoms with van der Waals surface area (Å²) in [6, 6.07) is 19.4. The number of rotatable bonds is 7. The fraction of sp³-hybridized carbons (Fsp3) is 0.296. The first kappa shape index (κ1) is 22.5. The molecule has 0 atom stereocenters. The number of hydrogen-bond acceptors (Lipinski definition) is 4. The highest BCUT2D eigenvalue weighted by Crippen LogP contribution is 2.41. The van der Waals surface area contributed by atoms with Crippen LogP contribution in [0.5, 0.6) is 0 Å². The van der Waals surface area contributed by atoms with Crippen LogP contribution in [0.3, 0.4) is 0 Å². The number of nitro benzene ring substituents is 1. The summed E-state index contributed by atoms with van der Waals surface area (Å²) in [5, 5.41) is 13.3. The van der Waals surface area contributed by atoms with Gasteiger partial charge < -0.3 is 9.32 Å². The van der Waals surface area contributed by atoms with Crippen molar-refractivity contribution in [2.24, 2.45) is 0 Å². The van der Waals surface area contributed by atoms with Crippen molar-refractivity contribution < 1.29 is 9.34 Å². The van der Waals surface area contributed by atoms with E-state index in [4.69, 9.17) is 4.42 Å². The average molecular weight is 445 g/mol. The summed E-state index contributed by atoms with van der Waals surface area (Å²) in [4.78, 5) is 13.1. The third-order valence-electron chi connectivity index (χ3n) is 6.31. The highest BCUT2D eigenvalue weighted by molar-refractivity contribution is 6.02. The minimum Gasteiger partial charge on any atom is -0.456 e. The predicted octanol–water partition coefficient (Wildman–Crippen LogP) is 5.77. The summed E-state index contributed by atoms with van der Waals surface area (Å²) in [6.07, 6.45) is 0. The van der Waals surface area contributed by atoms with Gasteiger partial charge in [0.1, 0.15) is 24.4 Å². The number of non-ortho nitro benzene ring substituents is 1. The lowest BCUT2D eigenvalue weighted by molar-refractivity contribution is -0.384. The molecule has 0 aromatic heterocycles. The molecule has 6 heteroatoms. The standard InChI is InChI=1S/C27H30N3O3/c1-5-28(6-2)21-13-15-23-25(17-21)33-26-18-22(29(7-3)8-4)14-16-24(26)27(23)19-9-11-20(12-10-19)30(31)32/h9-18H,5-8H2,1-4H3/q+1. The van der Waals surface area contributed by atoms with Crippen LogP contribution in [0.4, 0.5) is 11.4 Å². The Morgan fingerprint density at radius 3 is 2.18 bits per heavy atom. The van der Waals surface area contributed by atoms with Gasteiger partial charge in [-0.2, -0.15) is 0 Å². The van der Waals surface area contributed by atoms with Gasteiger partial charge in [-0.05, 0) is 63.6 Å². The molecule has 0 unspecified atom stereocenters. The summed E-state index contributed by atoms with van der Waals surface area (Å²) in [6.45, 7) is 12.2. The molecule has 0 fully saturated rings. The van der Waals surface area contributed by atoms with Gasteiger partial charge in [0.25, 0.3) is 5.69 Å². The zero-order valence-electron chi connectivity index (χ0n) is 19.7. The number of anilines is 1. The monoisotopic (exact) mass is 444 g/mol. The fourth-order valence-corrected chi connectivity index (χ4v) is 4.50. The summed E-state index contributed by atoms with van der Waals surface area (Å²) in [5.74, 6) is 0.803. The summed E-state index contributed by atoms with van der Waals surface area (Å²) in [7, 11) is 0.